The molecule has 1 aliphatic heterocycles. The van der Waals surface area contributed by atoms with Crippen LogP contribution in [0.5, 0.6) is 0 Å². The molecule has 13 heteroatoms. The van der Waals surface area contributed by atoms with Crippen LogP contribution in [-0.2, 0) is 28.6 Å². The molecule has 5 rings (SSSR count). The average Bonchev–Trinajstić information content (AvgIpc) is 3.22. The Morgan fingerprint density at radius 3 is 2.20 bits per heavy atom. The van der Waals surface area contributed by atoms with Gasteiger partial charge in [-0.2, -0.15) is 0 Å². The number of ketones is 2. The van der Waals surface area contributed by atoms with Gasteiger partial charge in [-0.15, -0.1) is 0 Å². The van der Waals surface area contributed by atoms with Crippen molar-refractivity contribution >= 4 is 17.5 Å². The van der Waals surface area contributed by atoms with Crippen molar-refractivity contribution in [1.82, 2.24) is 0 Å². The largest absolute Gasteiger partial charge is 0.460 e. The predicted octanol–water partition coefficient (Wildman–Crippen LogP) is 1.34. The van der Waals surface area contributed by atoms with Gasteiger partial charge < -0.3 is 50.0 Å². The highest BCUT2D eigenvalue weighted by Gasteiger charge is 2.74. The highest BCUT2D eigenvalue weighted by molar-refractivity contribution is 5.90. The van der Waals surface area contributed by atoms with E-state index in [4.69, 9.17) is 14.2 Å². The van der Waals surface area contributed by atoms with Crippen LogP contribution in [0.3, 0.4) is 0 Å². The van der Waals surface area contributed by atoms with Gasteiger partial charge in [0.2, 0.25) is 0 Å². The molecular formula is C38H60O13. The topological polar surface area (TPSA) is 221 Å². The Balaban J connectivity index is 1.46. The van der Waals surface area contributed by atoms with Crippen molar-refractivity contribution in [2.75, 3.05) is 6.61 Å². The van der Waals surface area contributed by atoms with Crippen LogP contribution in [-0.4, -0.2) is 120 Å². The second kappa shape index (κ2) is 13.2. The summed E-state index contributed by atoms with van der Waals surface area (Å²) >= 11 is 0. The summed E-state index contributed by atoms with van der Waals surface area (Å²) in [5.41, 5.74) is -5.59. The number of carbonyl (C=O) groups excluding carboxylic acids is 3. The van der Waals surface area contributed by atoms with Gasteiger partial charge in [0.15, 0.2) is 12.1 Å². The Morgan fingerprint density at radius 2 is 1.61 bits per heavy atom. The molecule has 1 saturated heterocycles. The standard InChI is InChI=1S/C38H60O13/c1-18(40)51-33(2,3)13-12-25(42)38(9,48)30-21(41)15-35(6)24-11-10-19-20(37(24,8)26(43)16-36(30,35)7)14-22(31(47)34(19,4)5)49-32-29(46)28(45)27(44)23(17-39)50-32/h10,20-24,27-32,39,41,44-48H,11-17H2,1-9H3. The molecule has 0 aromatic carbocycles. The lowest BCUT2D eigenvalue weighted by Crippen LogP contribution is -2.66. The molecule has 0 aromatic rings. The molecule has 15 unspecified atom stereocenters. The maximum Gasteiger partial charge on any atom is 0.303 e. The lowest BCUT2D eigenvalue weighted by atomic mass is 9.38. The number of allylic oxidation sites excluding steroid dienone is 1. The van der Waals surface area contributed by atoms with E-state index in [2.05, 4.69) is 6.08 Å². The van der Waals surface area contributed by atoms with E-state index in [0.717, 1.165) is 5.57 Å². The molecule has 4 fully saturated rings. The lowest BCUT2D eigenvalue weighted by molar-refractivity contribution is -0.323. The summed E-state index contributed by atoms with van der Waals surface area (Å²) in [5, 5.41) is 76.5. The van der Waals surface area contributed by atoms with Gasteiger partial charge in [0.05, 0.1) is 24.9 Å². The molecule has 7 N–H and O–H groups in total. The van der Waals surface area contributed by atoms with Crippen molar-refractivity contribution in [3.8, 4) is 0 Å². The number of fused-ring (bicyclic) bond motifs is 5. The van der Waals surface area contributed by atoms with E-state index in [-0.39, 0.29) is 43.8 Å². The van der Waals surface area contributed by atoms with Crippen LogP contribution < -0.4 is 0 Å². The molecule has 5 aliphatic rings. The third-order valence-corrected chi connectivity index (χ3v) is 14.3. The molecule has 0 spiro atoms. The lowest BCUT2D eigenvalue weighted by Gasteiger charge is -2.65. The van der Waals surface area contributed by atoms with Crippen LogP contribution in [0, 0.1) is 39.4 Å². The van der Waals surface area contributed by atoms with Crippen molar-refractivity contribution in [2.24, 2.45) is 39.4 Å². The number of hydrogen-bond acceptors (Lipinski definition) is 13. The molecule has 51 heavy (non-hydrogen) atoms. The number of aliphatic hydroxyl groups excluding tert-OH is 6. The molecule has 0 bridgehead atoms. The minimum Gasteiger partial charge on any atom is -0.460 e. The van der Waals surface area contributed by atoms with Gasteiger partial charge in [-0.25, -0.2) is 0 Å². The van der Waals surface area contributed by atoms with Gasteiger partial charge in [0.1, 0.15) is 41.4 Å². The zero-order chi connectivity index (χ0) is 38.4. The van der Waals surface area contributed by atoms with Crippen molar-refractivity contribution < 1.29 is 64.3 Å². The number of ether oxygens (including phenoxy) is 3. The summed E-state index contributed by atoms with van der Waals surface area (Å²) in [6.45, 7) is 15.1. The van der Waals surface area contributed by atoms with Crippen molar-refractivity contribution in [3.63, 3.8) is 0 Å². The third-order valence-electron chi connectivity index (χ3n) is 14.3. The summed E-state index contributed by atoms with van der Waals surface area (Å²) in [6.07, 6.45) is -7.70. The molecule has 290 valence electrons. The van der Waals surface area contributed by atoms with E-state index >= 15 is 0 Å². The Hall–Kier alpha value is -1.81. The van der Waals surface area contributed by atoms with Crippen LogP contribution in [0.2, 0.25) is 0 Å². The van der Waals surface area contributed by atoms with Crippen molar-refractivity contribution in [3.05, 3.63) is 11.6 Å². The molecule has 3 saturated carbocycles. The fraction of sp³-hybridized carbons (Fsp3) is 0.868. The molecule has 4 aliphatic carbocycles. The van der Waals surface area contributed by atoms with Gasteiger partial charge >= 0.3 is 5.97 Å². The first kappa shape index (κ1) is 40.4. The van der Waals surface area contributed by atoms with Gasteiger partial charge in [-0.1, -0.05) is 46.3 Å². The van der Waals surface area contributed by atoms with Crippen LogP contribution in [0.1, 0.15) is 101 Å². The molecule has 13 nitrogen and oxygen atoms in total. The summed E-state index contributed by atoms with van der Waals surface area (Å²) in [7, 11) is 0. The van der Waals surface area contributed by atoms with Crippen molar-refractivity contribution in [2.45, 2.75) is 161 Å². The first-order valence-corrected chi connectivity index (χ1v) is 18.3. The summed E-state index contributed by atoms with van der Waals surface area (Å²) in [5.74, 6) is -2.77. The quantitative estimate of drug-likeness (QED) is 0.132. The Bertz CT molecular complexity index is 1420. The van der Waals surface area contributed by atoms with E-state index in [1.807, 2.05) is 34.6 Å². The summed E-state index contributed by atoms with van der Waals surface area (Å²) < 4.78 is 17.1. The molecule has 0 aromatic heterocycles. The number of esters is 1. The zero-order valence-electron chi connectivity index (χ0n) is 31.5. The smallest absolute Gasteiger partial charge is 0.303 e. The molecule has 15 atom stereocenters. The Kier molecular flexibility index (Phi) is 10.4. The Morgan fingerprint density at radius 1 is 0.980 bits per heavy atom. The van der Waals surface area contributed by atoms with Crippen LogP contribution in [0.15, 0.2) is 11.6 Å². The fourth-order valence-corrected chi connectivity index (χ4v) is 11.3. The molecule has 1 heterocycles. The van der Waals surface area contributed by atoms with E-state index < -0.39 is 112 Å². The van der Waals surface area contributed by atoms with E-state index in [1.54, 1.807) is 13.8 Å². The van der Waals surface area contributed by atoms with E-state index in [9.17, 15) is 50.1 Å². The van der Waals surface area contributed by atoms with Crippen molar-refractivity contribution in [1.29, 1.82) is 0 Å². The monoisotopic (exact) mass is 724 g/mol. The first-order chi connectivity index (χ1) is 23.3. The number of Topliss-reactive ketones (excluding diaryl/α,β-unsaturated/α-hetero) is 2. The second-order valence-corrected chi connectivity index (χ2v) is 18.2. The SMILES string of the molecule is CC(=O)OC(C)(C)CCC(=O)C(C)(O)C1C(O)CC2(C)C3CC=C4C(CC(OC5OC(CO)C(O)C(O)C5O)C(O)C4(C)C)C3(C)C(=O)CC12C. The first-order valence-electron chi connectivity index (χ1n) is 18.3. The minimum atomic E-state index is -1.98. The van der Waals surface area contributed by atoms with Gasteiger partial charge in [-0.3, -0.25) is 14.4 Å². The molecular weight excluding hydrogens is 664 g/mol. The second-order valence-electron chi connectivity index (χ2n) is 18.2. The number of aliphatic hydroxyl groups is 7. The van der Waals surface area contributed by atoms with Gasteiger partial charge in [-0.05, 0) is 69.1 Å². The molecule has 0 amide bonds. The summed E-state index contributed by atoms with van der Waals surface area (Å²) in [6, 6.07) is 0. The van der Waals surface area contributed by atoms with E-state index in [0.29, 0.717) is 6.42 Å². The fourth-order valence-electron chi connectivity index (χ4n) is 11.3. The highest BCUT2D eigenvalue weighted by Crippen LogP contribution is 2.74. The van der Waals surface area contributed by atoms with Crippen LogP contribution in [0.4, 0.5) is 0 Å². The van der Waals surface area contributed by atoms with Crippen LogP contribution in [0.25, 0.3) is 0 Å². The van der Waals surface area contributed by atoms with Gasteiger partial charge in [0.25, 0.3) is 0 Å². The number of rotatable bonds is 9. The van der Waals surface area contributed by atoms with Crippen LogP contribution >= 0.6 is 0 Å². The normalized spacial score (nSPS) is 46.2. The predicted molar refractivity (Wildman–Crippen MR) is 181 cm³/mol. The highest BCUT2D eigenvalue weighted by atomic mass is 16.7. The molecule has 0 radical (unpaired) electrons. The van der Waals surface area contributed by atoms with E-state index in [1.165, 1.54) is 13.8 Å². The average molecular weight is 725 g/mol. The Labute approximate surface area is 300 Å². The summed E-state index contributed by atoms with van der Waals surface area (Å²) in [4.78, 5) is 40.2. The zero-order valence-corrected chi connectivity index (χ0v) is 31.5. The maximum atomic E-state index is 14.8. The maximum absolute atomic E-state index is 14.8. The number of carbonyl (C=O) groups is 3. The van der Waals surface area contributed by atoms with Gasteiger partial charge in [0, 0.05) is 36.5 Å². The third kappa shape index (κ3) is 6.16. The number of hydrogen-bond donors (Lipinski definition) is 7. The minimum absolute atomic E-state index is 0.00834.